The third-order valence-electron chi connectivity index (χ3n) is 3.16. The lowest BCUT2D eigenvalue weighted by atomic mass is 10.1. The van der Waals surface area contributed by atoms with E-state index in [1.807, 2.05) is 5.38 Å². The van der Waals surface area contributed by atoms with Crippen LogP contribution in [0.4, 0.5) is 10.8 Å². The van der Waals surface area contributed by atoms with Crippen molar-refractivity contribution in [3.05, 3.63) is 39.8 Å². The second-order valence-corrected chi connectivity index (χ2v) is 5.78. The van der Waals surface area contributed by atoms with E-state index in [1.165, 1.54) is 23.5 Å². The molecule has 0 amide bonds. The fourth-order valence-electron chi connectivity index (χ4n) is 1.89. The average molecular weight is 321 g/mol. The van der Waals surface area contributed by atoms with E-state index in [-0.39, 0.29) is 5.69 Å². The van der Waals surface area contributed by atoms with E-state index in [2.05, 4.69) is 4.98 Å². The molecule has 0 saturated heterocycles. The molecule has 0 bridgehead atoms. The van der Waals surface area contributed by atoms with Crippen LogP contribution in [-0.4, -0.2) is 34.6 Å². The first kappa shape index (κ1) is 15.9. The molecule has 8 heteroatoms. The fraction of sp³-hybridized carbons (Fsp3) is 0.286. The number of nitrogens with zero attached hydrogens (tertiary/aromatic N) is 3. The van der Waals surface area contributed by atoms with Crippen LogP contribution in [0.25, 0.3) is 11.3 Å². The van der Waals surface area contributed by atoms with Crippen molar-refractivity contribution in [2.45, 2.75) is 6.92 Å². The normalized spacial score (nSPS) is 11.9. The number of nitro groups is 1. The molecule has 0 aliphatic heterocycles. The Morgan fingerprint density at radius 2 is 2.09 bits per heavy atom. The highest BCUT2D eigenvalue weighted by Gasteiger charge is 2.16. The Kier molecular flexibility index (Phi) is 4.71. The van der Waals surface area contributed by atoms with Crippen LogP contribution < -0.4 is 4.90 Å². The van der Waals surface area contributed by atoms with Crippen molar-refractivity contribution in [2.75, 3.05) is 18.5 Å². The topological polar surface area (TPSA) is 96.6 Å². The van der Waals surface area contributed by atoms with E-state index < -0.39 is 16.8 Å². The first-order valence-corrected chi connectivity index (χ1v) is 7.40. The minimum Gasteiger partial charge on any atom is -0.481 e. The van der Waals surface area contributed by atoms with Crippen LogP contribution in [0.5, 0.6) is 0 Å². The largest absolute Gasteiger partial charge is 0.481 e. The van der Waals surface area contributed by atoms with Gasteiger partial charge in [0, 0.05) is 36.7 Å². The number of carboxylic acid groups (broad SMARTS) is 1. The molecular formula is C14H15N3O4S. The van der Waals surface area contributed by atoms with Gasteiger partial charge in [-0.15, -0.1) is 11.3 Å². The number of benzene rings is 1. The van der Waals surface area contributed by atoms with E-state index in [4.69, 9.17) is 5.11 Å². The molecule has 0 spiro atoms. The minimum atomic E-state index is -0.848. The molecule has 0 saturated carbocycles. The first-order chi connectivity index (χ1) is 10.4. The summed E-state index contributed by atoms with van der Waals surface area (Å²) in [4.78, 5) is 27.3. The quantitative estimate of drug-likeness (QED) is 0.649. The predicted octanol–water partition coefficient (Wildman–Crippen LogP) is 2.88. The molecule has 1 aromatic heterocycles. The summed E-state index contributed by atoms with van der Waals surface area (Å²) in [6.45, 7) is 2.01. The van der Waals surface area contributed by atoms with E-state index >= 15 is 0 Å². The summed E-state index contributed by atoms with van der Waals surface area (Å²) >= 11 is 1.40. The number of aliphatic carboxylic acids is 1. The van der Waals surface area contributed by atoms with Gasteiger partial charge in [-0.1, -0.05) is 6.92 Å². The van der Waals surface area contributed by atoms with Gasteiger partial charge in [0.15, 0.2) is 5.13 Å². The molecule has 2 rings (SSSR count). The summed E-state index contributed by atoms with van der Waals surface area (Å²) in [5, 5.41) is 22.1. The van der Waals surface area contributed by atoms with Gasteiger partial charge in [-0.2, -0.15) is 0 Å². The maximum atomic E-state index is 10.9. The number of hydrogen-bond donors (Lipinski definition) is 1. The highest BCUT2D eigenvalue weighted by Crippen LogP contribution is 2.28. The highest BCUT2D eigenvalue weighted by atomic mass is 32.1. The summed E-state index contributed by atoms with van der Waals surface area (Å²) in [5.74, 6) is -1.34. The van der Waals surface area contributed by atoms with Gasteiger partial charge in [-0.25, -0.2) is 4.98 Å². The van der Waals surface area contributed by atoms with Gasteiger partial charge in [0.05, 0.1) is 16.5 Å². The van der Waals surface area contributed by atoms with Gasteiger partial charge in [-0.3, -0.25) is 14.9 Å². The Morgan fingerprint density at radius 1 is 1.45 bits per heavy atom. The first-order valence-electron chi connectivity index (χ1n) is 6.52. The number of anilines is 1. The van der Waals surface area contributed by atoms with Crippen LogP contribution in [0, 0.1) is 16.0 Å². The standard InChI is InChI=1S/C14H15N3O4S/c1-9(13(18)19)7-16(2)14-15-12(8-22-14)10-3-5-11(6-4-10)17(20)21/h3-6,8-9H,7H2,1-2H3,(H,18,19). The zero-order chi connectivity index (χ0) is 16.3. The monoisotopic (exact) mass is 321 g/mol. The van der Waals surface area contributed by atoms with Crippen molar-refractivity contribution in [1.29, 1.82) is 0 Å². The summed E-state index contributed by atoms with van der Waals surface area (Å²) in [7, 11) is 1.79. The third kappa shape index (κ3) is 3.59. The highest BCUT2D eigenvalue weighted by molar-refractivity contribution is 7.14. The molecule has 116 valence electrons. The van der Waals surface area contributed by atoms with E-state index in [0.29, 0.717) is 17.4 Å². The van der Waals surface area contributed by atoms with Gasteiger partial charge in [-0.05, 0) is 12.1 Å². The number of thiazole rings is 1. The average Bonchev–Trinajstić information content (AvgIpc) is 2.97. The molecule has 1 N–H and O–H groups in total. The second kappa shape index (κ2) is 6.52. The number of aromatic nitrogens is 1. The molecule has 0 aliphatic rings. The Hall–Kier alpha value is -2.48. The van der Waals surface area contributed by atoms with E-state index in [0.717, 1.165) is 5.56 Å². The zero-order valence-electron chi connectivity index (χ0n) is 12.1. The van der Waals surface area contributed by atoms with Crippen molar-refractivity contribution in [2.24, 2.45) is 5.92 Å². The number of rotatable bonds is 6. The Balaban J connectivity index is 2.13. The summed E-state index contributed by atoms with van der Waals surface area (Å²) in [6.07, 6.45) is 0. The van der Waals surface area contributed by atoms with Gasteiger partial charge in [0.1, 0.15) is 0 Å². The summed E-state index contributed by atoms with van der Waals surface area (Å²) in [5.41, 5.74) is 1.53. The molecule has 1 aromatic carbocycles. The summed E-state index contributed by atoms with van der Waals surface area (Å²) < 4.78 is 0. The smallest absolute Gasteiger partial charge is 0.308 e. The fourth-order valence-corrected chi connectivity index (χ4v) is 2.70. The number of non-ortho nitro benzene ring substituents is 1. The molecule has 22 heavy (non-hydrogen) atoms. The molecule has 0 fully saturated rings. The number of nitro benzene ring substituents is 1. The maximum absolute atomic E-state index is 10.9. The van der Waals surface area contributed by atoms with Crippen molar-refractivity contribution in [3.63, 3.8) is 0 Å². The van der Waals surface area contributed by atoms with Gasteiger partial charge < -0.3 is 10.0 Å². The molecular weight excluding hydrogens is 306 g/mol. The van der Waals surface area contributed by atoms with Crippen LogP contribution >= 0.6 is 11.3 Å². The van der Waals surface area contributed by atoms with Crippen LogP contribution in [0.2, 0.25) is 0 Å². The second-order valence-electron chi connectivity index (χ2n) is 4.94. The van der Waals surface area contributed by atoms with Crippen LogP contribution in [0.1, 0.15) is 6.92 Å². The van der Waals surface area contributed by atoms with Gasteiger partial charge >= 0.3 is 5.97 Å². The molecule has 1 atom stereocenters. The minimum absolute atomic E-state index is 0.0339. The lowest BCUT2D eigenvalue weighted by molar-refractivity contribution is -0.384. The molecule has 1 heterocycles. The number of hydrogen-bond acceptors (Lipinski definition) is 6. The third-order valence-corrected chi connectivity index (χ3v) is 4.12. The van der Waals surface area contributed by atoms with Crippen molar-refractivity contribution < 1.29 is 14.8 Å². The Labute approximate surface area is 131 Å². The molecule has 1 unspecified atom stereocenters. The van der Waals surface area contributed by atoms with Crippen LogP contribution in [0.3, 0.4) is 0 Å². The Morgan fingerprint density at radius 3 is 2.64 bits per heavy atom. The molecule has 7 nitrogen and oxygen atoms in total. The SMILES string of the molecule is CC(CN(C)c1nc(-c2ccc([N+](=O)[O-])cc2)cs1)C(=O)O. The number of carboxylic acids is 1. The summed E-state index contributed by atoms with van der Waals surface area (Å²) in [6, 6.07) is 6.17. The van der Waals surface area contributed by atoms with Crippen molar-refractivity contribution in [3.8, 4) is 11.3 Å². The number of carbonyl (C=O) groups is 1. The van der Waals surface area contributed by atoms with Crippen molar-refractivity contribution >= 4 is 28.1 Å². The Bertz CT molecular complexity index is 684. The van der Waals surface area contributed by atoms with Crippen LogP contribution in [-0.2, 0) is 4.79 Å². The van der Waals surface area contributed by atoms with Crippen LogP contribution in [0.15, 0.2) is 29.6 Å². The maximum Gasteiger partial charge on any atom is 0.308 e. The van der Waals surface area contributed by atoms with E-state index in [1.54, 1.807) is 31.0 Å². The lowest BCUT2D eigenvalue weighted by Gasteiger charge is -2.17. The van der Waals surface area contributed by atoms with E-state index in [9.17, 15) is 14.9 Å². The van der Waals surface area contributed by atoms with Crippen molar-refractivity contribution in [1.82, 2.24) is 4.98 Å². The van der Waals surface area contributed by atoms with Gasteiger partial charge in [0.25, 0.3) is 5.69 Å². The molecule has 2 aromatic rings. The van der Waals surface area contributed by atoms with Gasteiger partial charge in [0.2, 0.25) is 0 Å². The lowest BCUT2D eigenvalue weighted by Crippen LogP contribution is -2.28. The molecule has 0 radical (unpaired) electrons. The molecule has 0 aliphatic carbocycles. The predicted molar refractivity (Wildman–Crippen MR) is 84.3 cm³/mol. The zero-order valence-corrected chi connectivity index (χ0v) is 12.9.